The molecule has 3 aliphatic carbocycles. The molecule has 1 fully saturated rings. The van der Waals surface area contributed by atoms with Crippen LogP contribution in [-0.2, 0) is 14.3 Å². The Hall–Kier alpha value is -1.90. The van der Waals surface area contributed by atoms with Gasteiger partial charge in [-0.15, -0.1) is 6.58 Å². The van der Waals surface area contributed by atoms with Gasteiger partial charge >= 0.3 is 5.97 Å². The van der Waals surface area contributed by atoms with E-state index in [4.69, 9.17) is 4.74 Å². The van der Waals surface area contributed by atoms with Gasteiger partial charge in [0.15, 0.2) is 0 Å². The lowest BCUT2D eigenvalue weighted by molar-refractivity contribution is -0.137. The molecule has 3 nitrogen and oxygen atoms in total. The van der Waals surface area contributed by atoms with E-state index in [0.717, 1.165) is 19.3 Å². The van der Waals surface area contributed by atoms with E-state index < -0.39 is 0 Å². The third-order valence-corrected chi connectivity index (χ3v) is 4.59. The Bertz CT molecular complexity index is 527. The van der Waals surface area contributed by atoms with Gasteiger partial charge in [-0.25, -0.2) is 4.79 Å². The largest absolute Gasteiger partial charge is 0.463 e. The summed E-state index contributed by atoms with van der Waals surface area (Å²) in [7, 11) is 0. The zero-order valence-corrected chi connectivity index (χ0v) is 13.2. The maximum atomic E-state index is 12.5. The van der Waals surface area contributed by atoms with Gasteiger partial charge in [0, 0.05) is 12.5 Å². The van der Waals surface area contributed by atoms with Crippen molar-refractivity contribution >= 4 is 11.8 Å². The molecule has 0 aromatic carbocycles. The molecule has 3 aliphatic rings. The molecule has 2 bridgehead atoms. The topological polar surface area (TPSA) is 43.4 Å². The van der Waals surface area contributed by atoms with Gasteiger partial charge in [0.05, 0.1) is 12.0 Å². The Morgan fingerprint density at radius 1 is 1.50 bits per heavy atom. The molecule has 0 amide bonds. The molecule has 0 N–H and O–H groups in total. The molecule has 3 rings (SSSR count). The number of ketones is 1. The summed E-state index contributed by atoms with van der Waals surface area (Å²) in [5.41, 5.74) is -0.378. The van der Waals surface area contributed by atoms with Crippen LogP contribution in [0.15, 0.2) is 49.1 Å². The van der Waals surface area contributed by atoms with Gasteiger partial charge in [-0.3, -0.25) is 4.79 Å². The van der Waals surface area contributed by atoms with Crippen LogP contribution in [0.1, 0.15) is 32.6 Å². The van der Waals surface area contributed by atoms with E-state index in [2.05, 4.69) is 24.8 Å². The third kappa shape index (κ3) is 3.46. The van der Waals surface area contributed by atoms with E-state index in [1.54, 1.807) is 13.0 Å². The summed E-state index contributed by atoms with van der Waals surface area (Å²) in [5, 5.41) is 0. The van der Waals surface area contributed by atoms with Crippen LogP contribution in [-0.4, -0.2) is 18.4 Å². The molecule has 0 aromatic rings. The maximum Gasteiger partial charge on any atom is 0.330 e. The Morgan fingerprint density at radius 3 is 3.00 bits per heavy atom. The number of fused-ring (bicyclic) bond motifs is 2. The van der Waals surface area contributed by atoms with Crippen LogP contribution >= 0.6 is 0 Å². The number of ether oxygens (including phenoxy) is 1. The van der Waals surface area contributed by atoms with Gasteiger partial charge in [-0.1, -0.05) is 36.5 Å². The third-order valence-electron chi connectivity index (χ3n) is 4.59. The molecule has 0 saturated heterocycles. The molecule has 118 valence electrons. The maximum absolute atomic E-state index is 12.5. The van der Waals surface area contributed by atoms with Gasteiger partial charge in [-0.2, -0.15) is 0 Å². The quantitative estimate of drug-likeness (QED) is 0.311. The molecule has 0 aliphatic heterocycles. The van der Waals surface area contributed by atoms with Crippen LogP contribution in [0.4, 0.5) is 0 Å². The minimum atomic E-state index is -0.378. The number of hydrogen-bond donors (Lipinski definition) is 0. The number of rotatable bonds is 7. The van der Waals surface area contributed by atoms with Crippen molar-refractivity contribution in [3.8, 4) is 0 Å². The second kappa shape index (κ2) is 7.39. The first-order chi connectivity index (χ1) is 10.6. The fourth-order valence-corrected chi connectivity index (χ4v) is 3.45. The Kier molecular flexibility index (Phi) is 5.53. The molecular formula is C19H24O3. The van der Waals surface area contributed by atoms with Crippen molar-refractivity contribution in [2.45, 2.75) is 32.6 Å². The Morgan fingerprint density at radius 2 is 2.32 bits per heavy atom. The summed E-state index contributed by atoms with van der Waals surface area (Å²) in [6.45, 7) is 5.93. The highest BCUT2D eigenvalue weighted by atomic mass is 16.5. The Balaban J connectivity index is 2.09. The van der Waals surface area contributed by atoms with Crippen LogP contribution in [0.3, 0.4) is 0 Å². The van der Waals surface area contributed by atoms with Crippen molar-refractivity contribution in [1.82, 2.24) is 0 Å². The van der Waals surface area contributed by atoms with Gasteiger partial charge in [0.25, 0.3) is 0 Å². The second-order valence-corrected chi connectivity index (χ2v) is 5.95. The van der Waals surface area contributed by atoms with Crippen LogP contribution in [0.25, 0.3) is 0 Å². The lowest BCUT2D eigenvalue weighted by Crippen LogP contribution is -2.45. The fourth-order valence-electron chi connectivity index (χ4n) is 3.45. The smallest absolute Gasteiger partial charge is 0.330 e. The highest BCUT2D eigenvalue weighted by Gasteiger charge is 2.48. The van der Waals surface area contributed by atoms with E-state index in [1.165, 1.54) is 6.08 Å². The number of allylic oxidation sites excluding steroid dienone is 6. The summed E-state index contributed by atoms with van der Waals surface area (Å²) in [4.78, 5) is 23.8. The average Bonchev–Trinajstić information content (AvgIpc) is 2.51. The number of carbonyl (C=O) groups is 2. The highest BCUT2D eigenvalue weighted by Crippen LogP contribution is 2.50. The molecule has 0 heterocycles. The minimum Gasteiger partial charge on any atom is -0.463 e. The standard InChI is InChI=1S/C19H24O3/c1-3-5-11-19-12-10-15(14-17(19)20)13-16(19)8-6-7-9-18(21)22-4-2/h3,6-10,12,15-16H,1,4-5,11,13-14H2,2H3/b8-6+,9-7+/t15-,16+,19+/m1/s1. The van der Waals surface area contributed by atoms with Crippen LogP contribution in [0, 0.1) is 17.3 Å². The van der Waals surface area contributed by atoms with Crippen molar-refractivity contribution < 1.29 is 14.3 Å². The number of esters is 1. The zero-order valence-electron chi connectivity index (χ0n) is 13.2. The van der Waals surface area contributed by atoms with Gasteiger partial charge in [0.2, 0.25) is 0 Å². The van der Waals surface area contributed by atoms with Crippen molar-refractivity contribution in [1.29, 1.82) is 0 Å². The van der Waals surface area contributed by atoms with Crippen LogP contribution < -0.4 is 0 Å². The molecule has 0 unspecified atom stereocenters. The van der Waals surface area contributed by atoms with Crippen molar-refractivity contribution in [3.05, 3.63) is 49.1 Å². The van der Waals surface area contributed by atoms with E-state index >= 15 is 0 Å². The van der Waals surface area contributed by atoms with Gasteiger partial charge < -0.3 is 4.74 Å². The highest BCUT2D eigenvalue weighted by molar-refractivity contribution is 5.90. The van der Waals surface area contributed by atoms with Crippen LogP contribution in [0.5, 0.6) is 0 Å². The molecule has 0 radical (unpaired) electrons. The van der Waals surface area contributed by atoms with E-state index in [9.17, 15) is 9.59 Å². The van der Waals surface area contributed by atoms with E-state index in [1.807, 2.05) is 12.2 Å². The van der Waals surface area contributed by atoms with Crippen LogP contribution in [0.2, 0.25) is 0 Å². The van der Waals surface area contributed by atoms with Gasteiger partial charge in [-0.05, 0) is 38.0 Å². The molecular weight excluding hydrogens is 276 g/mol. The molecule has 3 atom stereocenters. The normalized spacial score (nSPS) is 30.3. The minimum absolute atomic E-state index is 0.204. The molecule has 1 saturated carbocycles. The molecule has 0 aromatic heterocycles. The second-order valence-electron chi connectivity index (χ2n) is 5.95. The number of hydrogen-bond acceptors (Lipinski definition) is 3. The predicted octanol–water partition coefficient (Wildman–Crippen LogP) is 3.78. The van der Waals surface area contributed by atoms with Crippen molar-refractivity contribution in [2.75, 3.05) is 6.61 Å². The summed E-state index contributed by atoms with van der Waals surface area (Å²) in [5.74, 6) is 0.573. The SMILES string of the molecule is C=CCC[C@@]12C=C[C@@H](CC1=O)C[C@@H]2/C=C/C=C/C(=O)OCC. The monoisotopic (exact) mass is 300 g/mol. The van der Waals surface area contributed by atoms with Gasteiger partial charge in [0.1, 0.15) is 5.78 Å². The van der Waals surface area contributed by atoms with Crippen molar-refractivity contribution in [3.63, 3.8) is 0 Å². The summed E-state index contributed by atoms with van der Waals surface area (Å²) < 4.78 is 4.84. The Labute approximate surface area is 132 Å². The lowest BCUT2D eigenvalue weighted by Gasteiger charge is -2.46. The number of Topliss-reactive ketones (excluding diaryl/α,β-unsaturated/α-hetero) is 1. The first kappa shape index (κ1) is 16.5. The molecule has 0 spiro atoms. The fraction of sp³-hybridized carbons (Fsp3) is 0.474. The van der Waals surface area contributed by atoms with Crippen molar-refractivity contribution in [2.24, 2.45) is 17.3 Å². The molecule has 3 heteroatoms. The van der Waals surface area contributed by atoms with E-state index in [-0.39, 0.29) is 17.3 Å². The zero-order chi connectivity index (χ0) is 16.0. The van der Waals surface area contributed by atoms with E-state index in [0.29, 0.717) is 24.7 Å². The predicted molar refractivity (Wildman–Crippen MR) is 87.1 cm³/mol. The summed E-state index contributed by atoms with van der Waals surface area (Å²) in [6, 6.07) is 0. The first-order valence-corrected chi connectivity index (χ1v) is 7.97. The summed E-state index contributed by atoms with van der Waals surface area (Å²) in [6.07, 6.45) is 16.5. The molecule has 22 heavy (non-hydrogen) atoms. The first-order valence-electron chi connectivity index (χ1n) is 7.97. The number of carbonyl (C=O) groups excluding carboxylic acids is 2. The summed E-state index contributed by atoms with van der Waals surface area (Å²) >= 11 is 0. The average molecular weight is 300 g/mol. The lowest BCUT2D eigenvalue weighted by atomic mass is 9.56.